The maximum atomic E-state index is 3.83. The molecule has 1 aliphatic carbocycles. The molecule has 0 bridgehead atoms. The Bertz CT molecular complexity index is 404. The molecule has 2 nitrogen and oxygen atoms in total. The Labute approximate surface area is 103 Å². The highest BCUT2D eigenvalue weighted by Gasteiger charge is 2.26. The monoisotopic (exact) mass is 236 g/mol. The lowest BCUT2D eigenvalue weighted by Crippen LogP contribution is -3.00. The average Bonchev–Trinajstić information content (AvgIpc) is 2.69. The zero-order valence-electron chi connectivity index (χ0n) is 9.49. The van der Waals surface area contributed by atoms with E-state index >= 15 is 0 Å². The summed E-state index contributed by atoms with van der Waals surface area (Å²) >= 11 is 0. The van der Waals surface area contributed by atoms with E-state index in [-0.39, 0.29) is 17.8 Å². The SMILES string of the molecule is C=CC1=CC=CC(C)(C[n+]2cc[nH]c2)C1.[Cl-]. The third-order valence-corrected chi connectivity index (χ3v) is 2.83. The highest BCUT2D eigenvalue weighted by atomic mass is 35.5. The molecule has 1 N–H and O–H groups in total. The van der Waals surface area contributed by atoms with Gasteiger partial charge in [0.05, 0.1) is 6.54 Å². The predicted octanol–water partition coefficient (Wildman–Crippen LogP) is -0.615. The first kappa shape index (κ1) is 12.8. The molecule has 0 radical (unpaired) electrons. The Morgan fingerprint density at radius 3 is 3.06 bits per heavy atom. The summed E-state index contributed by atoms with van der Waals surface area (Å²) in [6.07, 6.45) is 15.6. The first-order valence-electron chi connectivity index (χ1n) is 5.24. The van der Waals surface area contributed by atoms with Gasteiger partial charge in [0.1, 0.15) is 12.4 Å². The molecule has 1 heterocycles. The van der Waals surface area contributed by atoms with E-state index in [0.717, 1.165) is 13.0 Å². The van der Waals surface area contributed by atoms with Crippen molar-refractivity contribution in [3.63, 3.8) is 0 Å². The molecule has 86 valence electrons. The van der Waals surface area contributed by atoms with Gasteiger partial charge in [0.25, 0.3) is 0 Å². The van der Waals surface area contributed by atoms with E-state index in [9.17, 15) is 0 Å². The Morgan fingerprint density at radius 1 is 1.62 bits per heavy atom. The molecule has 16 heavy (non-hydrogen) atoms. The molecule has 0 saturated carbocycles. The third-order valence-electron chi connectivity index (χ3n) is 2.83. The maximum Gasteiger partial charge on any atom is 0.241 e. The molecule has 1 aromatic rings. The Morgan fingerprint density at radius 2 is 2.44 bits per heavy atom. The van der Waals surface area contributed by atoms with Crippen molar-refractivity contribution in [3.8, 4) is 0 Å². The van der Waals surface area contributed by atoms with E-state index in [1.54, 1.807) is 0 Å². The van der Waals surface area contributed by atoms with Crippen molar-refractivity contribution in [1.82, 2.24) is 4.98 Å². The molecule has 0 fully saturated rings. The molecule has 0 aliphatic heterocycles. The van der Waals surface area contributed by atoms with Crippen molar-refractivity contribution < 1.29 is 17.0 Å². The van der Waals surface area contributed by atoms with Gasteiger partial charge in [-0.25, -0.2) is 4.57 Å². The lowest BCUT2D eigenvalue weighted by Gasteiger charge is -2.26. The van der Waals surface area contributed by atoms with Crippen molar-refractivity contribution in [2.45, 2.75) is 19.9 Å². The van der Waals surface area contributed by atoms with Crippen molar-refractivity contribution in [1.29, 1.82) is 0 Å². The zero-order chi connectivity index (χ0) is 10.7. The summed E-state index contributed by atoms with van der Waals surface area (Å²) in [6.45, 7) is 7.11. The van der Waals surface area contributed by atoms with Gasteiger partial charge in [0.15, 0.2) is 0 Å². The van der Waals surface area contributed by atoms with E-state index in [1.807, 2.05) is 18.6 Å². The fraction of sp³-hybridized carbons (Fsp3) is 0.308. The van der Waals surface area contributed by atoms with Gasteiger partial charge in [-0.3, -0.25) is 4.98 Å². The van der Waals surface area contributed by atoms with Crippen LogP contribution >= 0.6 is 0 Å². The molecule has 1 unspecified atom stereocenters. The average molecular weight is 237 g/mol. The molecule has 1 aromatic heterocycles. The number of hydrogen-bond donors (Lipinski definition) is 1. The van der Waals surface area contributed by atoms with E-state index in [4.69, 9.17) is 0 Å². The van der Waals surface area contributed by atoms with Crippen LogP contribution in [0.1, 0.15) is 13.3 Å². The number of aromatic amines is 1. The first-order chi connectivity index (χ1) is 7.22. The summed E-state index contributed by atoms with van der Waals surface area (Å²) in [5, 5.41) is 0. The van der Waals surface area contributed by atoms with Gasteiger partial charge < -0.3 is 12.4 Å². The minimum atomic E-state index is 0. The van der Waals surface area contributed by atoms with Gasteiger partial charge in [-0.05, 0) is 12.0 Å². The van der Waals surface area contributed by atoms with Gasteiger partial charge in [-0.15, -0.1) is 0 Å². The molecule has 0 saturated heterocycles. The molecular formula is C13H17ClN2. The van der Waals surface area contributed by atoms with Crippen molar-refractivity contribution >= 4 is 0 Å². The Balaban J connectivity index is 0.00000128. The largest absolute Gasteiger partial charge is 1.00 e. The third kappa shape index (κ3) is 2.86. The Hall–Kier alpha value is -1.28. The summed E-state index contributed by atoms with van der Waals surface area (Å²) < 4.78 is 2.18. The highest BCUT2D eigenvalue weighted by molar-refractivity contribution is 5.29. The molecule has 1 atom stereocenters. The quantitative estimate of drug-likeness (QED) is 0.676. The van der Waals surface area contributed by atoms with Crippen LogP contribution in [0.2, 0.25) is 0 Å². The molecule has 0 aromatic carbocycles. The maximum absolute atomic E-state index is 3.83. The van der Waals surface area contributed by atoms with Gasteiger partial charge >= 0.3 is 0 Å². The summed E-state index contributed by atoms with van der Waals surface area (Å²) in [6, 6.07) is 0. The smallest absolute Gasteiger partial charge is 0.241 e. The zero-order valence-corrected chi connectivity index (χ0v) is 10.2. The number of halogens is 1. The van der Waals surface area contributed by atoms with E-state index < -0.39 is 0 Å². The summed E-state index contributed by atoms with van der Waals surface area (Å²) in [7, 11) is 0. The molecule has 3 heteroatoms. The van der Waals surface area contributed by atoms with Crippen LogP contribution in [0, 0.1) is 5.41 Å². The van der Waals surface area contributed by atoms with E-state index in [0.29, 0.717) is 0 Å². The second-order valence-corrected chi connectivity index (χ2v) is 4.42. The number of imidazole rings is 1. The first-order valence-corrected chi connectivity index (χ1v) is 5.24. The molecule has 2 rings (SSSR count). The number of nitrogens with one attached hydrogen (secondary N) is 1. The highest BCUT2D eigenvalue weighted by Crippen LogP contribution is 2.31. The minimum absolute atomic E-state index is 0. The van der Waals surface area contributed by atoms with Crippen molar-refractivity contribution in [2.75, 3.05) is 0 Å². The Kier molecular flexibility index (Phi) is 4.13. The summed E-state index contributed by atoms with van der Waals surface area (Å²) in [5.41, 5.74) is 1.52. The number of allylic oxidation sites excluding steroid dienone is 5. The van der Waals surface area contributed by atoms with Crippen LogP contribution in [0.4, 0.5) is 0 Å². The van der Waals surface area contributed by atoms with Crippen molar-refractivity contribution in [2.24, 2.45) is 5.41 Å². The second kappa shape index (κ2) is 5.17. The molecular weight excluding hydrogens is 220 g/mol. The summed E-state index contributed by atoms with van der Waals surface area (Å²) in [4.78, 5) is 3.07. The summed E-state index contributed by atoms with van der Waals surface area (Å²) in [5.74, 6) is 0. The van der Waals surface area contributed by atoms with Crippen molar-refractivity contribution in [3.05, 3.63) is 55.2 Å². The van der Waals surface area contributed by atoms with Crippen LogP contribution in [0.3, 0.4) is 0 Å². The standard InChI is InChI=1S/C13H16N2.ClH/c1-3-12-5-4-6-13(2,9-12)10-15-8-7-14-11-15;/h3-8,11H,1,9-10H2,2H3;1H. The second-order valence-electron chi connectivity index (χ2n) is 4.42. The fourth-order valence-electron chi connectivity index (χ4n) is 2.07. The van der Waals surface area contributed by atoms with Crippen LogP contribution in [-0.2, 0) is 6.54 Å². The normalized spacial score (nSPS) is 23.4. The van der Waals surface area contributed by atoms with Crippen LogP contribution < -0.4 is 17.0 Å². The lowest BCUT2D eigenvalue weighted by atomic mass is 9.80. The number of hydrogen-bond acceptors (Lipinski definition) is 0. The number of rotatable bonds is 3. The van der Waals surface area contributed by atoms with E-state index in [1.165, 1.54) is 5.57 Å². The fourth-order valence-corrected chi connectivity index (χ4v) is 2.07. The molecule has 1 aliphatic rings. The van der Waals surface area contributed by atoms with Gasteiger partial charge in [0, 0.05) is 5.41 Å². The van der Waals surface area contributed by atoms with Crippen LogP contribution in [0.5, 0.6) is 0 Å². The number of H-pyrrole nitrogens is 1. The van der Waals surface area contributed by atoms with Crippen LogP contribution in [-0.4, -0.2) is 4.98 Å². The van der Waals surface area contributed by atoms with Gasteiger partial charge in [-0.1, -0.05) is 37.8 Å². The van der Waals surface area contributed by atoms with E-state index in [2.05, 4.69) is 47.5 Å². The number of nitrogens with zero attached hydrogens (tertiary/aromatic N) is 1. The minimum Gasteiger partial charge on any atom is -1.00 e. The van der Waals surface area contributed by atoms with Crippen LogP contribution in [0.15, 0.2) is 55.2 Å². The van der Waals surface area contributed by atoms with Gasteiger partial charge in [0.2, 0.25) is 6.33 Å². The topological polar surface area (TPSA) is 19.7 Å². The van der Waals surface area contributed by atoms with Gasteiger partial charge in [-0.2, -0.15) is 0 Å². The lowest BCUT2D eigenvalue weighted by molar-refractivity contribution is -0.706. The molecule has 0 amide bonds. The number of aromatic nitrogens is 2. The predicted molar refractivity (Wildman–Crippen MR) is 61.1 cm³/mol. The van der Waals surface area contributed by atoms with Crippen LogP contribution in [0.25, 0.3) is 0 Å². The molecule has 0 spiro atoms.